The fourth-order valence-electron chi connectivity index (χ4n) is 2.95. The average molecular weight is 374 g/mol. The first kappa shape index (κ1) is 19.5. The maximum Gasteiger partial charge on any atom is 0.224 e. The zero-order valence-electron chi connectivity index (χ0n) is 15.9. The van der Waals surface area contributed by atoms with Gasteiger partial charge < -0.3 is 15.8 Å². The lowest BCUT2D eigenvalue weighted by molar-refractivity contribution is -0.116. The van der Waals surface area contributed by atoms with Crippen LogP contribution in [0.4, 0.5) is 11.4 Å². The first-order chi connectivity index (χ1) is 13.7. The highest BCUT2D eigenvalue weighted by molar-refractivity contribution is 5.92. The van der Waals surface area contributed by atoms with E-state index < -0.39 is 0 Å². The zero-order valence-corrected chi connectivity index (χ0v) is 15.9. The summed E-state index contributed by atoms with van der Waals surface area (Å²) in [6.07, 6.45) is 2.97. The van der Waals surface area contributed by atoms with Gasteiger partial charge in [0.1, 0.15) is 5.75 Å². The number of ether oxygens (including phenoxy) is 1. The minimum absolute atomic E-state index is 0.0304. The molecule has 0 aliphatic carbocycles. The van der Waals surface area contributed by atoms with Crippen LogP contribution in [0.25, 0.3) is 0 Å². The highest BCUT2D eigenvalue weighted by atomic mass is 16.5. The Hall–Kier alpha value is -3.27. The number of benzene rings is 3. The topological polar surface area (TPSA) is 64.4 Å². The van der Waals surface area contributed by atoms with Gasteiger partial charge in [-0.2, -0.15) is 0 Å². The van der Waals surface area contributed by atoms with E-state index in [4.69, 9.17) is 10.5 Å². The third-order valence-electron chi connectivity index (χ3n) is 4.49. The maximum atomic E-state index is 12.3. The van der Waals surface area contributed by atoms with Crippen molar-refractivity contribution in [1.82, 2.24) is 0 Å². The number of nitrogens with one attached hydrogen (secondary N) is 1. The van der Waals surface area contributed by atoms with Crippen LogP contribution < -0.4 is 15.8 Å². The van der Waals surface area contributed by atoms with Crippen molar-refractivity contribution in [3.8, 4) is 5.75 Å². The standard InChI is InChI=1S/C24H26N2O2/c25-21-15-12-20(13-16-21)14-17-24(27)26-22-10-4-5-11-23(22)28-18-6-9-19-7-2-1-3-8-19/h1-5,7-8,10-13,15-16H,6,9,14,17-18,25H2,(H,26,27). The van der Waals surface area contributed by atoms with Crippen molar-refractivity contribution < 1.29 is 9.53 Å². The summed E-state index contributed by atoms with van der Waals surface area (Å²) in [5.41, 5.74) is 9.53. The summed E-state index contributed by atoms with van der Waals surface area (Å²) in [6.45, 7) is 0.604. The van der Waals surface area contributed by atoms with Gasteiger partial charge in [-0.25, -0.2) is 0 Å². The van der Waals surface area contributed by atoms with Crippen molar-refractivity contribution in [2.45, 2.75) is 25.7 Å². The van der Waals surface area contributed by atoms with Crippen LogP contribution in [0, 0.1) is 0 Å². The fourth-order valence-corrected chi connectivity index (χ4v) is 2.95. The number of amides is 1. The summed E-state index contributed by atoms with van der Waals surface area (Å²) in [5, 5.41) is 2.96. The smallest absolute Gasteiger partial charge is 0.224 e. The molecule has 0 fully saturated rings. The van der Waals surface area contributed by atoms with E-state index in [2.05, 4.69) is 17.4 Å². The number of anilines is 2. The molecule has 0 saturated heterocycles. The lowest BCUT2D eigenvalue weighted by Crippen LogP contribution is -2.13. The van der Waals surface area contributed by atoms with Gasteiger partial charge in [-0.05, 0) is 54.7 Å². The zero-order chi connectivity index (χ0) is 19.6. The molecular weight excluding hydrogens is 348 g/mol. The summed E-state index contributed by atoms with van der Waals surface area (Å²) in [5.74, 6) is 0.675. The van der Waals surface area contributed by atoms with Crippen molar-refractivity contribution in [2.75, 3.05) is 17.7 Å². The summed E-state index contributed by atoms with van der Waals surface area (Å²) < 4.78 is 5.91. The number of para-hydroxylation sites is 2. The minimum Gasteiger partial charge on any atom is -0.491 e. The number of aryl methyl sites for hydroxylation is 2. The Balaban J connectivity index is 1.47. The van der Waals surface area contributed by atoms with Crippen LogP contribution in [-0.4, -0.2) is 12.5 Å². The molecule has 0 atom stereocenters. The van der Waals surface area contributed by atoms with Gasteiger partial charge in [0.05, 0.1) is 12.3 Å². The first-order valence-corrected chi connectivity index (χ1v) is 9.61. The van der Waals surface area contributed by atoms with E-state index in [0.717, 1.165) is 24.1 Å². The molecule has 3 aromatic rings. The van der Waals surface area contributed by atoms with E-state index in [0.29, 0.717) is 30.9 Å². The molecule has 0 aliphatic rings. The number of nitrogen functional groups attached to an aromatic ring is 1. The maximum absolute atomic E-state index is 12.3. The van der Waals surface area contributed by atoms with Crippen LogP contribution in [0.3, 0.4) is 0 Å². The highest BCUT2D eigenvalue weighted by Crippen LogP contribution is 2.24. The lowest BCUT2D eigenvalue weighted by atomic mass is 10.1. The summed E-state index contributed by atoms with van der Waals surface area (Å²) in [4.78, 5) is 12.3. The van der Waals surface area contributed by atoms with Crippen LogP contribution in [0.2, 0.25) is 0 Å². The molecule has 0 radical (unpaired) electrons. The minimum atomic E-state index is -0.0304. The van der Waals surface area contributed by atoms with Crippen LogP contribution in [-0.2, 0) is 17.6 Å². The van der Waals surface area contributed by atoms with Crippen molar-refractivity contribution in [3.63, 3.8) is 0 Å². The van der Waals surface area contributed by atoms with Crippen molar-refractivity contribution in [1.29, 1.82) is 0 Å². The summed E-state index contributed by atoms with van der Waals surface area (Å²) in [6, 6.07) is 25.5. The van der Waals surface area contributed by atoms with Gasteiger partial charge >= 0.3 is 0 Å². The van der Waals surface area contributed by atoms with Crippen LogP contribution in [0.1, 0.15) is 24.0 Å². The molecule has 3 N–H and O–H groups in total. The fraction of sp³-hybridized carbons (Fsp3) is 0.208. The first-order valence-electron chi connectivity index (χ1n) is 9.61. The Morgan fingerprint density at radius 3 is 2.29 bits per heavy atom. The number of hydrogen-bond acceptors (Lipinski definition) is 3. The Kier molecular flexibility index (Phi) is 7.08. The van der Waals surface area contributed by atoms with Crippen LogP contribution >= 0.6 is 0 Å². The van der Waals surface area contributed by atoms with Crippen molar-refractivity contribution >= 4 is 17.3 Å². The van der Waals surface area contributed by atoms with Gasteiger partial charge in [-0.3, -0.25) is 4.79 Å². The van der Waals surface area contributed by atoms with Crippen molar-refractivity contribution in [2.24, 2.45) is 0 Å². The average Bonchev–Trinajstić information content (AvgIpc) is 2.73. The molecule has 0 spiro atoms. The summed E-state index contributed by atoms with van der Waals surface area (Å²) >= 11 is 0. The predicted octanol–water partition coefficient (Wildman–Crippen LogP) is 4.85. The van der Waals surface area contributed by atoms with E-state index in [1.165, 1.54) is 5.56 Å². The quantitative estimate of drug-likeness (QED) is 0.416. The summed E-state index contributed by atoms with van der Waals surface area (Å²) in [7, 11) is 0. The number of rotatable bonds is 9. The van der Waals surface area contributed by atoms with E-state index in [1.807, 2.05) is 66.7 Å². The van der Waals surface area contributed by atoms with Gasteiger partial charge in [0.15, 0.2) is 0 Å². The van der Waals surface area contributed by atoms with E-state index in [-0.39, 0.29) is 5.91 Å². The van der Waals surface area contributed by atoms with Gasteiger partial charge in [0.25, 0.3) is 0 Å². The molecule has 28 heavy (non-hydrogen) atoms. The monoisotopic (exact) mass is 374 g/mol. The number of carbonyl (C=O) groups excluding carboxylic acids is 1. The third-order valence-corrected chi connectivity index (χ3v) is 4.49. The molecule has 1 amide bonds. The van der Waals surface area contributed by atoms with Gasteiger partial charge in [0.2, 0.25) is 5.91 Å². The normalized spacial score (nSPS) is 10.4. The molecule has 0 saturated carbocycles. The number of carbonyl (C=O) groups is 1. The molecule has 144 valence electrons. The Morgan fingerprint density at radius 2 is 1.50 bits per heavy atom. The van der Waals surface area contributed by atoms with Gasteiger partial charge in [-0.1, -0.05) is 54.6 Å². The molecule has 0 bridgehead atoms. The van der Waals surface area contributed by atoms with Crippen LogP contribution in [0.15, 0.2) is 78.9 Å². The second kappa shape index (κ2) is 10.2. The van der Waals surface area contributed by atoms with Gasteiger partial charge in [0, 0.05) is 12.1 Å². The Labute approximate surface area is 166 Å². The predicted molar refractivity (Wildman–Crippen MR) is 115 cm³/mol. The molecule has 0 heterocycles. The Bertz CT molecular complexity index is 877. The molecule has 3 aromatic carbocycles. The largest absolute Gasteiger partial charge is 0.491 e. The second-order valence-electron chi connectivity index (χ2n) is 6.72. The Morgan fingerprint density at radius 1 is 0.821 bits per heavy atom. The highest BCUT2D eigenvalue weighted by Gasteiger charge is 2.08. The van der Waals surface area contributed by atoms with E-state index in [9.17, 15) is 4.79 Å². The van der Waals surface area contributed by atoms with E-state index in [1.54, 1.807) is 0 Å². The van der Waals surface area contributed by atoms with Gasteiger partial charge in [-0.15, -0.1) is 0 Å². The molecule has 3 rings (SSSR count). The van der Waals surface area contributed by atoms with E-state index >= 15 is 0 Å². The molecule has 0 aliphatic heterocycles. The molecule has 0 aromatic heterocycles. The molecule has 4 nitrogen and oxygen atoms in total. The molecular formula is C24H26N2O2. The second-order valence-corrected chi connectivity index (χ2v) is 6.72. The third kappa shape index (κ3) is 6.16. The number of hydrogen-bond donors (Lipinski definition) is 2. The molecule has 0 unspecified atom stereocenters. The van der Waals surface area contributed by atoms with Crippen molar-refractivity contribution in [3.05, 3.63) is 90.0 Å². The number of nitrogens with two attached hydrogens (primary N) is 1. The molecule has 4 heteroatoms. The lowest BCUT2D eigenvalue weighted by Gasteiger charge is -2.12. The van der Waals surface area contributed by atoms with Crippen LogP contribution in [0.5, 0.6) is 5.75 Å². The SMILES string of the molecule is Nc1ccc(CCC(=O)Nc2ccccc2OCCCc2ccccc2)cc1.